The molecule has 0 aromatic carbocycles. The van der Waals surface area contributed by atoms with Crippen LogP contribution in [-0.4, -0.2) is 24.5 Å². The summed E-state index contributed by atoms with van der Waals surface area (Å²) in [5.74, 6) is -0.1000. The summed E-state index contributed by atoms with van der Waals surface area (Å²) in [4.78, 5) is 32.2. The first-order valence-corrected chi connectivity index (χ1v) is 6.78. The minimum absolute atomic E-state index is 0.0707. The molecule has 18 heavy (non-hydrogen) atoms. The van der Waals surface area contributed by atoms with E-state index in [1.54, 1.807) is 13.8 Å². The molecule has 0 aliphatic heterocycles. The first-order chi connectivity index (χ1) is 8.57. The van der Waals surface area contributed by atoms with Crippen LogP contribution in [0.5, 0.6) is 0 Å². The third-order valence-corrected chi connectivity index (χ3v) is 2.40. The molecule has 0 rings (SSSR count). The van der Waals surface area contributed by atoms with Crippen LogP contribution in [0.1, 0.15) is 59.8 Å². The molecule has 0 aromatic rings. The Hall–Kier alpha value is -1.19. The normalized spacial score (nSPS) is 10.9. The predicted octanol–water partition coefficient (Wildman–Crippen LogP) is 2.50. The van der Waals surface area contributed by atoms with Gasteiger partial charge >= 0.3 is 0 Å². The third kappa shape index (κ3) is 12.9. The molecule has 4 heteroatoms. The first-order valence-electron chi connectivity index (χ1n) is 6.78. The summed E-state index contributed by atoms with van der Waals surface area (Å²) in [6.07, 6.45) is 4.37. The molecule has 0 heterocycles. The molecule has 0 saturated carbocycles. The highest BCUT2D eigenvalue weighted by Crippen LogP contribution is 2.01. The van der Waals surface area contributed by atoms with Crippen molar-refractivity contribution in [1.29, 1.82) is 0 Å². The maximum Gasteiger partial charge on any atom is 0.223 e. The van der Waals surface area contributed by atoms with Crippen molar-refractivity contribution >= 4 is 18.0 Å². The lowest BCUT2D eigenvalue weighted by Crippen LogP contribution is -2.30. The van der Waals surface area contributed by atoms with Crippen molar-refractivity contribution in [3.63, 3.8) is 0 Å². The Morgan fingerprint density at radius 2 is 1.78 bits per heavy atom. The van der Waals surface area contributed by atoms with Crippen LogP contribution in [0.15, 0.2) is 0 Å². The van der Waals surface area contributed by atoms with Crippen molar-refractivity contribution in [3.05, 3.63) is 0 Å². The predicted molar refractivity (Wildman–Crippen MR) is 73.4 cm³/mol. The number of aldehydes is 1. The lowest BCUT2D eigenvalue weighted by atomic mass is 10.1. The number of nitrogens with one attached hydrogen (secondary N) is 1. The summed E-state index contributed by atoms with van der Waals surface area (Å²) in [5, 5.41) is 2.77. The number of hydrogen-bond donors (Lipinski definition) is 1. The Morgan fingerprint density at radius 3 is 2.28 bits per heavy atom. The highest BCUT2D eigenvalue weighted by molar-refractivity contribution is 5.80. The number of rotatable bonds is 9. The topological polar surface area (TPSA) is 63.2 Å². The fourth-order valence-corrected chi connectivity index (χ4v) is 1.31. The van der Waals surface area contributed by atoms with Crippen molar-refractivity contribution < 1.29 is 14.4 Å². The quantitative estimate of drug-likeness (QED) is 0.510. The number of Topliss-reactive ketones (excluding diaryl/α,β-unsaturated/α-hetero) is 1. The van der Waals surface area contributed by atoms with Crippen LogP contribution in [-0.2, 0) is 14.4 Å². The zero-order valence-corrected chi connectivity index (χ0v) is 12.1. The van der Waals surface area contributed by atoms with Crippen molar-refractivity contribution in [2.45, 2.75) is 59.8 Å². The van der Waals surface area contributed by atoms with Gasteiger partial charge in [0.15, 0.2) is 0 Å². The Balaban J connectivity index is 0. The Kier molecular flexibility index (Phi) is 14.8. The second kappa shape index (κ2) is 13.9. The molecular weight excluding hydrogens is 230 g/mol. The van der Waals surface area contributed by atoms with E-state index in [4.69, 9.17) is 0 Å². The van der Waals surface area contributed by atoms with E-state index in [9.17, 15) is 14.4 Å². The van der Waals surface area contributed by atoms with Gasteiger partial charge in [-0.3, -0.25) is 4.79 Å². The molecule has 1 unspecified atom stereocenters. The van der Waals surface area contributed by atoms with Gasteiger partial charge in [-0.25, -0.2) is 0 Å². The Labute approximate surface area is 111 Å². The van der Waals surface area contributed by atoms with Crippen molar-refractivity contribution in [2.24, 2.45) is 5.92 Å². The molecule has 0 saturated heterocycles. The molecule has 0 spiro atoms. The fraction of sp³-hybridized carbons (Fsp3) is 0.786. The van der Waals surface area contributed by atoms with Gasteiger partial charge in [0.1, 0.15) is 12.1 Å². The van der Waals surface area contributed by atoms with E-state index in [1.165, 1.54) is 0 Å². The molecule has 0 bridgehead atoms. The number of amides is 1. The third-order valence-electron chi connectivity index (χ3n) is 2.40. The number of carbonyl (C=O) groups excluding carboxylic acids is 3. The van der Waals surface area contributed by atoms with Crippen molar-refractivity contribution in [1.82, 2.24) is 5.32 Å². The highest BCUT2D eigenvalue weighted by Gasteiger charge is 2.10. The molecule has 1 atom stereocenters. The number of unbranched alkanes of at least 4 members (excludes halogenated alkanes) is 2. The lowest BCUT2D eigenvalue weighted by molar-refractivity contribution is -0.126. The molecular formula is C14H27NO3. The summed E-state index contributed by atoms with van der Waals surface area (Å²) >= 11 is 0. The minimum atomic E-state index is -0.241. The van der Waals surface area contributed by atoms with Crippen LogP contribution < -0.4 is 5.32 Å². The van der Waals surface area contributed by atoms with Gasteiger partial charge in [-0.1, -0.05) is 27.2 Å². The average Bonchev–Trinajstić information content (AvgIpc) is 2.35. The van der Waals surface area contributed by atoms with E-state index in [-0.39, 0.29) is 24.0 Å². The van der Waals surface area contributed by atoms with E-state index < -0.39 is 0 Å². The summed E-state index contributed by atoms with van der Waals surface area (Å²) < 4.78 is 0. The second-order valence-electron chi connectivity index (χ2n) is 4.11. The molecule has 0 radical (unpaired) electrons. The van der Waals surface area contributed by atoms with E-state index >= 15 is 0 Å². The molecule has 4 nitrogen and oxygen atoms in total. The van der Waals surface area contributed by atoms with E-state index in [0.717, 1.165) is 25.5 Å². The average molecular weight is 257 g/mol. The van der Waals surface area contributed by atoms with Crippen LogP contribution in [0.4, 0.5) is 0 Å². The summed E-state index contributed by atoms with van der Waals surface area (Å²) in [7, 11) is 0. The Bertz CT molecular complexity index is 239. The molecule has 0 aliphatic carbocycles. The summed E-state index contributed by atoms with van der Waals surface area (Å²) in [6.45, 7) is 7.95. The maximum absolute atomic E-state index is 11.3. The zero-order chi connectivity index (χ0) is 14.4. The summed E-state index contributed by atoms with van der Waals surface area (Å²) in [5.41, 5.74) is 0. The largest absolute Gasteiger partial charge is 0.356 e. The summed E-state index contributed by atoms with van der Waals surface area (Å²) in [6, 6.07) is 0. The molecule has 0 aromatic heterocycles. The molecule has 1 amide bonds. The van der Waals surface area contributed by atoms with E-state index in [0.29, 0.717) is 13.0 Å². The monoisotopic (exact) mass is 257 g/mol. The first kappa shape index (κ1) is 19.2. The van der Waals surface area contributed by atoms with Gasteiger partial charge in [-0.15, -0.1) is 0 Å². The van der Waals surface area contributed by atoms with Crippen molar-refractivity contribution in [2.75, 3.05) is 6.54 Å². The van der Waals surface area contributed by atoms with E-state index in [1.807, 2.05) is 13.8 Å². The van der Waals surface area contributed by atoms with Crippen LogP contribution in [0, 0.1) is 5.92 Å². The molecule has 106 valence electrons. The van der Waals surface area contributed by atoms with Gasteiger partial charge in [0.05, 0.1) is 0 Å². The van der Waals surface area contributed by atoms with Gasteiger partial charge < -0.3 is 14.9 Å². The van der Waals surface area contributed by atoms with Gasteiger partial charge in [-0.2, -0.15) is 0 Å². The smallest absolute Gasteiger partial charge is 0.223 e. The molecule has 0 fully saturated rings. The fourth-order valence-electron chi connectivity index (χ4n) is 1.31. The zero-order valence-electron chi connectivity index (χ0n) is 12.1. The van der Waals surface area contributed by atoms with Gasteiger partial charge in [0.25, 0.3) is 0 Å². The van der Waals surface area contributed by atoms with Gasteiger partial charge in [-0.05, 0) is 19.8 Å². The van der Waals surface area contributed by atoms with Crippen LogP contribution in [0.2, 0.25) is 0 Å². The van der Waals surface area contributed by atoms with Gasteiger partial charge in [0.2, 0.25) is 5.91 Å². The van der Waals surface area contributed by atoms with Crippen LogP contribution in [0.3, 0.4) is 0 Å². The second-order valence-corrected chi connectivity index (χ2v) is 4.11. The Morgan fingerprint density at radius 1 is 1.17 bits per heavy atom. The lowest BCUT2D eigenvalue weighted by Gasteiger charge is -2.08. The molecule has 0 aliphatic rings. The number of carbonyl (C=O) groups is 3. The van der Waals surface area contributed by atoms with Crippen LogP contribution >= 0.6 is 0 Å². The van der Waals surface area contributed by atoms with Gasteiger partial charge in [0, 0.05) is 25.3 Å². The van der Waals surface area contributed by atoms with Crippen LogP contribution in [0.25, 0.3) is 0 Å². The number of hydrogen-bond acceptors (Lipinski definition) is 3. The number of ketones is 1. The highest BCUT2D eigenvalue weighted by atomic mass is 16.2. The van der Waals surface area contributed by atoms with E-state index in [2.05, 4.69) is 5.32 Å². The SMILES string of the molecule is CC.CC(=O)CCCCCNC(=O)C(C)CC=O. The standard InChI is InChI=1S/C12H21NO3.C2H6/c1-10(7-9-14)12(16)13-8-5-3-4-6-11(2)15;1-2/h9-10H,3-8H2,1-2H3,(H,13,16);1-2H3. The van der Waals surface area contributed by atoms with Crippen molar-refractivity contribution in [3.8, 4) is 0 Å². The maximum atomic E-state index is 11.3. The molecule has 1 N–H and O–H groups in total. The minimum Gasteiger partial charge on any atom is -0.356 e.